The van der Waals surface area contributed by atoms with Crippen molar-refractivity contribution < 1.29 is 9.63 Å². The zero-order valence-corrected chi connectivity index (χ0v) is 9.18. The van der Waals surface area contributed by atoms with Crippen LogP contribution in [-0.4, -0.2) is 22.0 Å². The van der Waals surface area contributed by atoms with Crippen molar-refractivity contribution >= 4 is 16.8 Å². The number of fused-ring (bicyclic) bond motifs is 1. The number of primary amides is 1. The van der Waals surface area contributed by atoms with Gasteiger partial charge in [-0.25, -0.2) is 0 Å². The van der Waals surface area contributed by atoms with E-state index in [-0.39, 0.29) is 6.10 Å². The van der Waals surface area contributed by atoms with Crippen molar-refractivity contribution in [3.05, 3.63) is 30.0 Å². The van der Waals surface area contributed by atoms with Crippen LogP contribution in [0, 0.1) is 0 Å². The van der Waals surface area contributed by atoms with Gasteiger partial charge in [-0.15, -0.1) is 9.94 Å². The van der Waals surface area contributed by atoms with Crippen molar-refractivity contribution in [2.75, 3.05) is 0 Å². The molecule has 0 aliphatic heterocycles. The van der Waals surface area contributed by atoms with Gasteiger partial charge in [0.1, 0.15) is 6.10 Å². The van der Waals surface area contributed by atoms with Crippen molar-refractivity contribution in [3.63, 3.8) is 0 Å². The van der Waals surface area contributed by atoms with Crippen LogP contribution in [0.3, 0.4) is 0 Å². The van der Waals surface area contributed by atoms with Gasteiger partial charge >= 0.3 is 0 Å². The lowest BCUT2D eigenvalue weighted by atomic mass is 10.1. The molecule has 0 fully saturated rings. The third kappa shape index (κ3) is 1.98. The Kier molecular flexibility index (Phi) is 2.52. The Morgan fingerprint density at radius 3 is 2.88 bits per heavy atom. The zero-order valence-electron chi connectivity index (χ0n) is 9.18. The molecule has 0 unspecified atom stereocenters. The molecule has 2 rings (SSSR count). The van der Waals surface area contributed by atoms with Crippen molar-refractivity contribution in [2.45, 2.75) is 20.0 Å². The standard InChI is InChI=1S/C11H13N3O2/c1-7(2)16-14-6-9-5-8(11(12)15)3-4-10(9)13-14/h3-7H,1-2H3,(H2,12,15). The van der Waals surface area contributed by atoms with Crippen LogP contribution in [-0.2, 0) is 0 Å². The predicted octanol–water partition coefficient (Wildman–Crippen LogP) is 0.972. The van der Waals surface area contributed by atoms with Gasteiger partial charge in [0.15, 0.2) is 0 Å². The highest BCUT2D eigenvalue weighted by atomic mass is 16.7. The van der Waals surface area contributed by atoms with Gasteiger partial charge in [0.05, 0.1) is 11.7 Å². The van der Waals surface area contributed by atoms with E-state index in [0.717, 1.165) is 10.9 Å². The monoisotopic (exact) mass is 219 g/mol. The number of aromatic nitrogens is 2. The van der Waals surface area contributed by atoms with Crippen LogP contribution in [0.15, 0.2) is 24.4 Å². The lowest BCUT2D eigenvalue weighted by Crippen LogP contribution is -2.19. The molecule has 5 nitrogen and oxygen atoms in total. The molecular formula is C11H13N3O2. The average molecular weight is 219 g/mol. The highest BCUT2D eigenvalue weighted by molar-refractivity contribution is 5.96. The molecule has 0 saturated carbocycles. The molecule has 16 heavy (non-hydrogen) atoms. The summed E-state index contributed by atoms with van der Waals surface area (Å²) in [5.41, 5.74) is 6.43. The molecule has 0 bridgehead atoms. The van der Waals surface area contributed by atoms with E-state index in [1.807, 2.05) is 13.8 Å². The number of carbonyl (C=O) groups excluding carboxylic acids is 1. The summed E-state index contributed by atoms with van der Waals surface area (Å²) in [7, 11) is 0. The maximum Gasteiger partial charge on any atom is 0.248 e. The van der Waals surface area contributed by atoms with Crippen molar-refractivity contribution in [2.24, 2.45) is 5.73 Å². The molecule has 0 spiro atoms. The van der Waals surface area contributed by atoms with Crippen LogP contribution in [0.4, 0.5) is 0 Å². The van der Waals surface area contributed by atoms with Gasteiger partial charge in [-0.3, -0.25) is 4.79 Å². The minimum Gasteiger partial charge on any atom is -0.394 e. The van der Waals surface area contributed by atoms with Gasteiger partial charge < -0.3 is 10.6 Å². The minimum absolute atomic E-state index is 0.0462. The lowest BCUT2D eigenvalue weighted by Gasteiger charge is -2.06. The van der Waals surface area contributed by atoms with E-state index in [2.05, 4.69) is 5.10 Å². The number of amides is 1. The summed E-state index contributed by atoms with van der Waals surface area (Å²) >= 11 is 0. The first-order valence-corrected chi connectivity index (χ1v) is 5.02. The normalized spacial score (nSPS) is 10.9. The fraction of sp³-hybridized carbons (Fsp3) is 0.273. The number of carbonyl (C=O) groups is 1. The van der Waals surface area contributed by atoms with Crippen LogP contribution < -0.4 is 10.6 Å². The Bertz CT molecular complexity index is 531. The summed E-state index contributed by atoms with van der Waals surface area (Å²) in [5.74, 6) is -0.445. The van der Waals surface area contributed by atoms with E-state index in [1.54, 1.807) is 24.4 Å². The SMILES string of the molecule is CC(C)On1cc2cc(C(N)=O)ccc2n1. The Morgan fingerprint density at radius 2 is 2.25 bits per heavy atom. The summed E-state index contributed by atoms with van der Waals surface area (Å²) < 4.78 is 0. The van der Waals surface area contributed by atoms with Crippen LogP contribution in [0.5, 0.6) is 0 Å². The molecule has 1 heterocycles. The van der Waals surface area contributed by atoms with Gasteiger partial charge in [-0.2, -0.15) is 0 Å². The zero-order chi connectivity index (χ0) is 11.7. The minimum atomic E-state index is -0.445. The Morgan fingerprint density at radius 1 is 1.50 bits per heavy atom. The lowest BCUT2D eigenvalue weighted by molar-refractivity contribution is 0.0374. The van der Waals surface area contributed by atoms with Crippen LogP contribution in [0.25, 0.3) is 10.9 Å². The number of rotatable bonds is 3. The molecule has 0 saturated heterocycles. The Labute approximate surface area is 92.7 Å². The third-order valence-corrected chi connectivity index (χ3v) is 2.09. The van der Waals surface area contributed by atoms with Gasteiger partial charge in [-0.05, 0) is 32.0 Å². The topological polar surface area (TPSA) is 70.1 Å². The summed E-state index contributed by atoms with van der Waals surface area (Å²) in [6.07, 6.45) is 1.77. The van der Waals surface area contributed by atoms with Gasteiger partial charge in [0, 0.05) is 10.9 Å². The number of hydrogen-bond acceptors (Lipinski definition) is 3. The molecule has 0 aliphatic rings. The molecule has 0 aliphatic carbocycles. The van der Waals surface area contributed by atoms with Gasteiger partial charge in [0.2, 0.25) is 5.91 Å². The average Bonchev–Trinajstić information content (AvgIpc) is 2.56. The number of benzene rings is 1. The molecule has 84 valence electrons. The first-order chi connectivity index (χ1) is 7.56. The summed E-state index contributed by atoms with van der Waals surface area (Å²) in [6, 6.07) is 5.10. The van der Waals surface area contributed by atoms with Crippen LogP contribution in [0.1, 0.15) is 24.2 Å². The first kappa shape index (κ1) is 10.5. The van der Waals surface area contributed by atoms with E-state index in [4.69, 9.17) is 10.6 Å². The molecule has 0 atom stereocenters. The van der Waals surface area contributed by atoms with Gasteiger partial charge in [-0.1, -0.05) is 0 Å². The Hall–Kier alpha value is -2.04. The van der Waals surface area contributed by atoms with Crippen molar-refractivity contribution in [1.82, 2.24) is 9.94 Å². The van der Waals surface area contributed by atoms with Crippen LogP contribution >= 0.6 is 0 Å². The summed E-state index contributed by atoms with van der Waals surface area (Å²) in [6.45, 7) is 3.84. The maximum absolute atomic E-state index is 11.0. The van der Waals surface area contributed by atoms with E-state index >= 15 is 0 Å². The molecule has 0 radical (unpaired) electrons. The smallest absolute Gasteiger partial charge is 0.248 e. The quantitative estimate of drug-likeness (QED) is 0.836. The van der Waals surface area contributed by atoms with Gasteiger partial charge in [0.25, 0.3) is 0 Å². The fourth-order valence-electron chi connectivity index (χ4n) is 1.43. The molecule has 1 amide bonds. The first-order valence-electron chi connectivity index (χ1n) is 5.02. The predicted molar refractivity (Wildman–Crippen MR) is 60.0 cm³/mol. The Balaban J connectivity index is 2.42. The maximum atomic E-state index is 11.0. The van der Waals surface area contributed by atoms with E-state index in [9.17, 15) is 4.79 Å². The summed E-state index contributed by atoms with van der Waals surface area (Å²) in [4.78, 5) is 17.8. The second-order valence-corrected chi connectivity index (χ2v) is 3.82. The molecular weight excluding hydrogens is 206 g/mol. The molecule has 2 N–H and O–H groups in total. The summed E-state index contributed by atoms with van der Waals surface area (Å²) in [5, 5.41) is 5.03. The molecule has 2 aromatic rings. The molecule has 5 heteroatoms. The second kappa shape index (κ2) is 3.84. The second-order valence-electron chi connectivity index (χ2n) is 3.82. The van der Waals surface area contributed by atoms with E-state index in [1.165, 1.54) is 4.85 Å². The molecule has 1 aromatic carbocycles. The fourth-order valence-corrected chi connectivity index (χ4v) is 1.43. The highest BCUT2D eigenvalue weighted by Crippen LogP contribution is 2.13. The van der Waals surface area contributed by atoms with Crippen LogP contribution in [0.2, 0.25) is 0 Å². The highest BCUT2D eigenvalue weighted by Gasteiger charge is 2.06. The number of hydrogen-bond donors (Lipinski definition) is 1. The number of nitrogens with zero attached hydrogens (tertiary/aromatic N) is 2. The molecule has 1 aromatic heterocycles. The van der Waals surface area contributed by atoms with Crippen molar-refractivity contribution in [3.8, 4) is 0 Å². The third-order valence-electron chi connectivity index (χ3n) is 2.09. The largest absolute Gasteiger partial charge is 0.394 e. The number of nitrogens with two attached hydrogens (primary N) is 1. The van der Waals surface area contributed by atoms with E-state index < -0.39 is 5.91 Å². The van der Waals surface area contributed by atoms with Crippen molar-refractivity contribution in [1.29, 1.82) is 0 Å². The van der Waals surface area contributed by atoms with E-state index in [0.29, 0.717) is 5.56 Å².